The molecule has 10 heteroatoms. The Morgan fingerprint density at radius 3 is 2.57 bits per heavy atom. The van der Waals surface area contributed by atoms with Gasteiger partial charge in [0.25, 0.3) is 0 Å². The molecule has 0 aliphatic heterocycles. The zero-order chi connectivity index (χ0) is 25.7. The number of amides is 3. The van der Waals surface area contributed by atoms with Gasteiger partial charge in [0.05, 0.1) is 37.4 Å². The highest BCUT2D eigenvalue weighted by Gasteiger charge is 2.24. The summed E-state index contributed by atoms with van der Waals surface area (Å²) in [6, 6.07) is 9.23. The third-order valence-electron chi connectivity index (χ3n) is 5.70. The van der Waals surface area contributed by atoms with E-state index in [1.165, 1.54) is 0 Å². The number of hydroxylamine groups is 2. The molecule has 0 fully saturated rings. The summed E-state index contributed by atoms with van der Waals surface area (Å²) in [4.78, 5) is 23.7. The molecule has 10 nitrogen and oxygen atoms in total. The number of hydrogen-bond acceptors (Lipinski definition) is 6. The number of nitrogens with two attached hydrogens (primary N) is 1. The molecule has 0 radical (unpaired) electrons. The van der Waals surface area contributed by atoms with E-state index in [0.29, 0.717) is 39.6 Å². The van der Waals surface area contributed by atoms with Crippen molar-refractivity contribution in [2.75, 3.05) is 25.6 Å². The number of urea groups is 1. The lowest BCUT2D eigenvalue weighted by Gasteiger charge is -2.23. The van der Waals surface area contributed by atoms with Crippen LogP contribution in [0.5, 0.6) is 17.4 Å². The van der Waals surface area contributed by atoms with Crippen LogP contribution in [0.3, 0.4) is 0 Å². The summed E-state index contributed by atoms with van der Waals surface area (Å²) in [5.74, 6) is 0.602. The highest BCUT2D eigenvalue weighted by molar-refractivity contribution is 6.05. The highest BCUT2D eigenvalue weighted by Crippen LogP contribution is 2.40. The summed E-state index contributed by atoms with van der Waals surface area (Å²) < 4.78 is 12.7. The summed E-state index contributed by atoms with van der Waals surface area (Å²) >= 11 is 0. The molecule has 0 saturated carbocycles. The number of aromatic hydroxyl groups is 1. The van der Waals surface area contributed by atoms with E-state index in [4.69, 9.17) is 15.2 Å². The van der Waals surface area contributed by atoms with Crippen LogP contribution in [0.15, 0.2) is 42.6 Å². The van der Waals surface area contributed by atoms with Gasteiger partial charge in [-0.25, -0.2) is 9.86 Å². The molecule has 188 valence electrons. The first-order valence-corrected chi connectivity index (χ1v) is 11.4. The molecule has 1 aromatic heterocycles. The number of aromatic nitrogens is 1. The van der Waals surface area contributed by atoms with Crippen LogP contribution in [-0.2, 0) is 4.79 Å². The van der Waals surface area contributed by atoms with Crippen LogP contribution in [0.2, 0.25) is 0 Å². The van der Waals surface area contributed by atoms with Crippen LogP contribution < -0.4 is 20.5 Å². The van der Waals surface area contributed by atoms with Crippen LogP contribution in [0, 0.1) is 5.92 Å². The Bertz CT molecular complexity index is 1210. The number of nitrogens with zero attached hydrogens (tertiary/aromatic N) is 2. The van der Waals surface area contributed by atoms with Gasteiger partial charge in [0, 0.05) is 17.5 Å². The summed E-state index contributed by atoms with van der Waals surface area (Å²) in [6.07, 6.45) is 1.98. The van der Waals surface area contributed by atoms with Crippen molar-refractivity contribution in [1.29, 1.82) is 0 Å². The topological polar surface area (TPSA) is 139 Å². The van der Waals surface area contributed by atoms with Crippen molar-refractivity contribution < 1.29 is 29.4 Å². The average molecular weight is 485 g/mol. The number of ether oxygens (including phenoxy) is 2. The van der Waals surface area contributed by atoms with Crippen molar-refractivity contribution in [2.24, 2.45) is 11.7 Å². The molecule has 0 saturated heterocycles. The number of nitrogens with one attached hydrogen (secondary N) is 1. The molecule has 0 aliphatic rings. The first kappa shape index (κ1) is 25.7. The predicted octanol–water partition coefficient (Wildman–Crippen LogP) is 4.10. The second-order valence-corrected chi connectivity index (χ2v) is 8.38. The van der Waals surface area contributed by atoms with Gasteiger partial charge in [0.2, 0.25) is 11.8 Å². The van der Waals surface area contributed by atoms with Crippen LogP contribution >= 0.6 is 0 Å². The molecule has 0 bridgehead atoms. The van der Waals surface area contributed by atoms with E-state index in [1.54, 1.807) is 56.0 Å². The van der Waals surface area contributed by atoms with Gasteiger partial charge in [0.15, 0.2) is 11.5 Å². The minimum Gasteiger partial charge on any atom is -0.494 e. The zero-order valence-corrected chi connectivity index (χ0v) is 20.3. The fourth-order valence-electron chi connectivity index (χ4n) is 3.88. The molecule has 1 heterocycles. The van der Waals surface area contributed by atoms with Gasteiger partial charge >= 0.3 is 6.03 Å². The molecule has 3 aromatic rings. The summed E-state index contributed by atoms with van der Waals surface area (Å²) in [7, 11) is 1.54. The molecule has 35 heavy (non-hydrogen) atoms. The van der Waals surface area contributed by atoms with E-state index in [2.05, 4.69) is 5.32 Å². The maximum atomic E-state index is 12.3. The lowest BCUT2D eigenvalue weighted by Crippen LogP contribution is -2.34. The van der Waals surface area contributed by atoms with Gasteiger partial charge in [-0.1, -0.05) is 32.0 Å². The number of rotatable bonds is 10. The second-order valence-electron chi connectivity index (χ2n) is 8.38. The van der Waals surface area contributed by atoms with Crippen LogP contribution in [0.25, 0.3) is 10.8 Å². The largest absolute Gasteiger partial charge is 0.494 e. The van der Waals surface area contributed by atoms with E-state index in [1.807, 2.05) is 19.1 Å². The standard InChI is InChI=1S/C25H32N4O6/c1-5-35-21-13-16(9-10-20(21)34-4)19(11-12-29(33)25(26)32)28-14-17-7-6-8-18(22(17)24(28)31)27-23(30)15(2)3/h6-10,13-15,19,31,33H,5,11-12H2,1-4H3,(H2,26,32)(H,27,30). The average Bonchev–Trinajstić information content (AvgIpc) is 3.16. The number of fused-ring (bicyclic) bond motifs is 1. The minimum absolute atomic E-state index is 0.0676. The first-order valence-electron chi connectivity index (χ1n) is 11.4. The number of primary amides is 1. The Morgan fingerprint density at radius 2 is 1.94 bits per heavy atom. The fourth-order valence-corrected chi connectivity index (χ4v) is 3.88. The van der Waals surface area contributed by atoms with Crippen molar-refractivity contribution in [3.63, 3.8) is 0 Å². The molecule has 3 amide bonds. The van der Waals surface area contributed by atoms with E-state index in [-0.39, 0.29) is 30.7 Å². The summed E-state index contributed by atoms with van der Waals surface area (Å²) in [5, 5.41) is 25.7. The van der Waals surface area contributed by atoms with Crippen molar-refractivity contribution in [2.45, 2.75) is 33.2 Å². The molecule has 3 rings (SSSR count). The summed E-state index contributed by atoms with van der Waals surface area (Å²) in [6.45, 7) is 5.78. The third kappa shape index (κ3) is 5.60. The quantitative estimate of drug-likeness (QED) is 0.252. The Kier molecular flexibility index (Phi) is 8.08. The van der Waals surface area contributed by atoms with Crippen LogP contribution in [0.4, 0.5) is 10.5 Å². The van der Waals surface area contributed by atoms with Gasteiger partial charge in [-0.3, -0.25) is 10.0 Å². The maximum absolute atomic E-state index is 12.3. The smallest absolute Gasteiger partial charge is 0.338 e. The normalized spacial score (nSPS) is 11.9. The molecule has 0 spiro atoms. The molecule has 1 unspecified atom stereocenters. The first-order chi connectivity index (χ1) is 16.7. The van der Waals surface area contributed by atoms with Gasteiger partial charge < -0.3 is 30.2 Å². The predicted molar refractivity (Wildman–Crippen MR) is 132 cm³/mol. The van der Waals surface area contributed by atoms with Crippen LogP contribution in [-0.4, -0.2) is 52.1 Å². The Balaban J connectivity index is 2.12. The second kappa shape index (κ2) is 11.0. The van der Waals surface area contributed by atoms with E-state index < -0.39 is 12.1 Å². The Morgan fingerprint density at radius 1 is 1.20 bits per heavy atom. The van der Waals surface area contributed by atoms with Crippen molar-refractivity contribution in [1.82, 2.24) is 9.63 Å². The number of carbonyl (C=O) groups is 2. The monoisotopic (exact) mass is 484 g/mol. The Hall–Kier alpha value is -3.92. The SMILES string of the molecule is CCOc1cc(C(CCN(O)C(N)=O)n2cc3cccc(NC(=O)C(C)C)c3c2O)ccc1OC. The minimum atomic E-state index is -0.978. The van der Waals surface area contributed by atoms with Gasteiger partial charge in [0.1, 0.15) is 0 Å². The number of carbonyl (C=O) groups excluding carboxylic acids is 2. The van der Waals surface area contributed by atoms with E-state index in [0.717, 1.165) is 5.56 Å². The number of anilines is 1. The van der Waals surface area contributed by atoms with Crippen molar-refractivity contribution in [3.8, 4) is 17.4 Å². The molecule has 5 N–H and O–H groups in total. The lowest BCUT2D eigenvalue weighted by atomic mass is 10.0. The number of methoxy groups -OCH3 is 1. The molecule has 2 aromatic carbocycles. The van der Waals surface area contributed by atoms with Crippen LogP contribution in [0.1, 0.15) is 38.8 Å². The fraction of sp³-hybridized carbons (Fsp3) is 0.360. The number of hydrogen-bond donors (Lipinski definition) is 4. The molecule has 1 atom stereocenters. The van der Waals surface area contributed by atoms with E-state index >= 15 is 0 Å². The third-order valence-corrected chi connectivity index (χ3v) is 5.70. The molecule has 0 aliphatic carbocycles. The summed E-state index contributed by atoms with van der Waals surface area (Å²) in [5.41, 5.74) is 6.42. The zero-order valence-electron chi connectivity index (χ0n) is 20.3. The number of benzene rings is 2. The maximum Gasteiger partial charge on any atom is 0.338 e. The lowest BCUT2D eigenvalue weighted by molar-refractivity contribution is -0.118. The highest BCUT2D eigenvalue weighted by atomic mass is 16.5. The van der Waals surface area contributed by atoms with E-state index in [9.17, 15) is 19.9 Å². The van der Waals surface area contributed by atoms with Crippen molar-refractivity contribution >= 4 is 28.4 Å². The van der Waals surface area contributed by atoms with Gasteiger partial charge in [-0.15, -0.1) is 0 Å². The van der Waals surface area contributed by atoms with Gasteiger partial charge in [-0.05, 0) is 37.1 Å². The Labute approximate surface area is 203 Å². The molecular formula is C25H32N4O6. The van der Waals surface area contributed by atoms with Crippen molar-refractivity contribution in [3.05, 3.63) is 48.2 Å². The molecular weight excluding hydrogens is 452 g/mol. The van der Waals surface area contributed by atoms with Gasteiger partial charge in [-0.2, -0.15) is 0 Å².